The van der Waals surface area contributed by atoms with Gasteiger partial charge < -0.3 is 10.0 Å². The fourth-order valence-corrected chi connectivity index (χ4v) is 3.58. The number of piperidine rings is 1. The predicted octanol–water partition coefficient (Wildman–Crippen LogP) is 2.00. The van der Waals surface area contributed by atoms with Crippen LogP contribution in [0.4, 0.5) is 0 Å². The number of carbonyl (C=O) groups excluding carboxylic acids is 1. The monoisotopic (exact) mass is 342 g/mol. The highest BCUT2D eigenvalue weighted by Crippen LogP contribution is 2.38. The minimum Gasteiger partial charge on any atom is -0.481 e. The number of hydrogen-bond donors (Lipinski definition) is 1. The van der Waals surface area contributed by atoms with Crippen molar-refractivity contribution in [3.05, 3.63) is 47.0 Å². The van der Waals surface area contributed by atoms with Gasteiger partial charge in [-0.1, -0.05) is 6.07 Å². The van der Waals surface area contributed by atoms with Gasteiger partial charge in [-0.05, 0) is 31.9 Å². The van der Waals surface area contributed by atoms with Crippen molar-refractivity contribution in [1.29, 1.82) is 0 Å². The maximum absolute atomic E-state index is 12.7. The lowest BCUT2D eigenvalue weighted by Gasteiger charge is -2.39. The van der Waals surface area contributed by atoms with Crippen LogP contribution in [-0.4, -0.2) is 36.6 Å². The molecule has 132 valence electrons. The number of amides is 1. The van der Waals surface area contributed by atoms with E-state index in [0.29, 0.717) is 13.0 Å². The molecule has 2 aromatic rings. The molecule has 0 spiro atoms. The van der Waals surface area contributed by atoms with Gasteiger partial charge in [-0.2, -0.15) is 5.10 Å². The van der Waals surface area contributed by atoms with Crippen molar-refractivity contribution >= 4 is 11.9 Å². The van der Waals surface area contributed by atoms with E-state index in [2.05, 4.69) is 10.1 Å². The van der Waals surface area contributed by atoms with Crippen LogP contribution in [0.5, 0.6) is 0 Å². The molecule has 0 radical (unpaired) electrons. The Bertz CT molecular complexity index is 800. The first kappa shape index (κ1) is 17.1. The van der Waals surface area contributed by atoms with Crippen LogP contribution in [0.25, 0.3) is 0 Å². The van der Waals surface area contributed by atoms with Crippen molar-refractivity contribution in [2.45, 2.75) is 39.3 Å². The minimum atomic E-state index is -0.883. The number of rotatable bonds is 4. The summed E-state index contributed by atoms with van der Waals surface area (Å²) in [5.74, 6) is -1.56. The van der Waals surface area contributed by atoms with E-state index in [4.69, 9.17) is 0 Å². The Kier molecular flexibility index (Phi) is 4.57. The fourth-order valence-electron chi connectivity index (χ4n) is 3.58. The van der Waals surface area contributed by atoms with E-state index in [0.717, 1.165) is 22.5 Å². The van der Waals surface area contributed by atoms with Gasteiger partial charge in [0, 0.05) is 43.7 Å². The van der Waals surface area contributed by atoms with Crippen LogP contribution < -0.4 is 0 Å². The van der Waals surface area contributed by atoms with Gasteiger partial charge in [0.05, 0.1) is 17.7 Å². The van der Waals surface area contributed by atoms with Crippen LogP contribution in [-0.2, 0) is 23.2 Å². The number of hydrogen-bond acceptors (Lipinski definition) is 4. The minimum absolute atomic E-state index is 0.0333. The van der Waals surface area contributed by atoms with Crippen molar-refractivity contribution in [2.24, 2.45) is 13.0 Å². The Balaban J connectivity index is 2.03. The third kappa shape index (κ3) is 3.14. The second-order valence-electron chi connectivity index (χ2n) is 6.51. The zero-order valence-electron chi connectivity index (χ0n) is 14.6. The Morgan fingerprint density at radius 2 is 2.16 bits per heavy atom. The summed E-state index contributed by atoms with van der Waals surface area (Å²) < 4.78 is 1.78. The van der Waals surface area contributed by atoms with Crippen molar-refractivity contribution in [1.82, 2.24) is 19.7 Å². The number of carboxylic acid groups (broad SMARTS) is 1. The van der Waals surface area contributed by atoms with E-state index in [1.54, 1.807) is 28.0 Å². The van der Waals surface area contributed by atoms with Crippen LogP contribution in [0.15, 0.2) is 24.5 Å². The van der Waals surface area contributed by atoms with Gasteiger partial charge in [-0.3, -0.25) is 19.3 Å². The van der Waals surface area contributed by atoms with Gasteiger partial charge in [0.15, 0.2) is 0 Å². The number of carboxylic acids is 1. The molecule has 0 bridgehead atoms. The molecule has 0 aromatic carbocycles. The zero-order valence-corrected chi connectivity index (χ0v) is 14.6. The quantitative estimate of drug-likeness (QED) is 0.918. The summed E-state index contributed by atoms with van der Waals surface area (Å²) in [7, 11) is 1.86. The van der Waals surface area contributed by atoms with Crippen molar-refractivity contribution in [3.8, 4) is 0 Å². The lowest BCUT2D eigenvalue weighted by atomic mass is 9.84. The highest BCUT2D eigenvalue weighted by Gasteiger charge is 2.41. The predicted molar refractivity (Wildman–Crippen MR) is 90.6 cm³/mol. The van der Waals surface area contributed by atoms with Gasteiger partial charge in [0.1, 0.15) is 0 Å². The molecule has 1 amide bonds. The highest BCUT2D eigenvalue weighted by atomic mass is 16.4. The molecule has 1 aliphatic heterocycles. The number of pyridine rings is 1. The Labute approximate surface area is 146 Å². The summed E-state index contributed by atoms with van der Waals surface area (Å²) in [5, 5.41) is 14.1. The van der Waals surface area contributed by atoms with E-state index < -0.39 is 17.9 Å². The Hall–Kier alpha value is -2.70. The lowest BCUT2D eigenvalue weighted by molar-refractivity contribution is -0.152. The normalized spacial score (nSPS) is 20.8. The molecule has 3 heterocycles. The van der Waals surface area contributed by atoms with Gasteiger partial charge >= 0.3 is 5.97 Å². The van der Waals surface area contributed by atoms with Crippen LogP contribution in [0.1, 0.15) is 41.4 Å². The summed E-state index contributed by atoms with van der Waals surface area (Å²) in [6.07, 6.45) is 3.88. The molecule has 0 aliphatic carbocycles. The second kappa shape index (κ2) is 6.66. The maximum Gasteiger partial charge on any atom is 0.308 e. The molecule has 7 heteroatoms. The average Bonchev–Trinajstić information content (AvgIpc) is 2.83. The molecular formula is C18H22N4O3. The molecule has 7 nitrogen and oxygen atoms in total. The van der Waals surface area contributed by atoms with Crippen molar-refractivity contribution in [2.75, 3.05) is 0 Å². The number of aliphatic carboxylic acids is 1. The maximum atomic E-state index is 12.7. The van der Waals surface area contributed by atoms with Gasteiger partial charge in [-0.25, -0.2) is 0 Å². The van der Waals surface area contributed by atoms with E-state index in [9.17, 15) is 14.7 Å². The van der Waals surface area contributed by atoms with Crippen molar-refractivity contribution < 1.29 is 14.7 Å². The number of nitrogens with zero attached hydrogens (tertiary/aromatic N) is 4. The standard InChI is InChI=1S/C18H22N4O3/c1-11-15(12(2)21(3)20-11)10-22-16(23)7-6-14(18(24)25)17(22)13-5-4-8-19-9-13/h4-5,8-9,14,17H,6-7,10H2,1-3H3,(H,24,25)/t14-,17-/m1/s1. The fraction of sp³-hybridized carbons (Fsp3) is 0.444. The van der Waals surface area contributed by atoms with Gasteiger partial charge in [0.25, 0.3) is 0 Å². The second-order valence-corrected chi connectivity index (χ2v) is 6.51. The SMILES string of the molecule is Cc1nn(C)c(C)c1CN1C(=O)CC[C@@H](C(=O)O)[C@H]1c1cccnc1. The smallest absolute Gasteiger partial charge is 0.308 e. The number of aryl methyl sites for hydroxylation is 2. The van der Waals surface area contributed by atoms with E-state index in [-0.39, 0.29) is 12.3 Å². The number of carbonyl (C=O) groups is 2. The third-order valence-electron chi connectivity index (χ3n) is 5.04. The molecule has 3 rings (SSSR count). The summed E-state index contributed by atoms with van der Waals surface area (Å²) >= 11 is 0. The van der Waals surface area contributed by atoms with E-state index in [1.807, 2.05) is 27.0 Å². The van der Waals surface area contributed by atoms with Crippen LogP contribution in [0.2, 0.25) is 0 Å². The summed E-state index contributed by atoms with van der Waals surface area (Å²) in [5.41, 5.74) is 3.56. The molecule has 25 heavy (non-hydrogen) atoms. The van der Waals surface area contributed by atoms with Crippen molar-refractivity contribution in [3.63, 3.8) is 0 Å². The molecule has 2 aromatic heterocycles. The molecule has 1 fully saturated rings. The van der Waals surface area contributed by atoms with Gasteiger partial charge in [-0.15, -0.1) is 0 Å². The Morgan fingerprint density at radius 3 is 2.72 bits per heavy atom. The highest BCUT2D eigenvalue weighted by molar-refractivity contribution is 5.81. The number of likely N-dealkylation sites (tertiary alicyclic amines) is 1. The molecule has 1 saturated heterocycles. The first-order valence-electron chi connectivity index (χ1n) is 8.31. The summed E-state index contributed by atoms with van der Waals surface area (Å²) in [6, 6.07) is 3.08. The average molecular weight is 342 g/mol. The largest absolute Gasteiger partial charge is 0.481 e. The van der Waals surface area contributed by atoms with Gasteiger partial charge in [0.2, 0.25) is 5.91 Å². The van der Waals surface area contributed by atoms with Crippen LogP contribution in [0, 0.1) is 19.8 Å². The van der Waals surface area contributed by atoms with Crippen LogP contribution in [0.3, 0.4) is 0 Å². The summed E-state index contributed by atoms with van der Waals surface area (Å²) in [6.45, 7) is 4.22. The Morgan fingerprint density at radius 1 is 1.40 bits per heavy atom. The molecule has 0 unspecified atom stereocenters. The van der Waals surface area contributed by atoms with E-state index >= 15 is 0 Å². The first-order chi connectivity index (χ1) is 11.9. The summed E-state index contributed by atoms with van der Waals surface area (Å²) in [4.78, 5) is 30.3. The van der Waals surface area contributed by atoms with E-state index in [1.165, 1.54) is 0 Å². The molecule has 0 saturated carbocycles. The molecule has 1 N–H and O–H groups in total. The molecular weight excluding hydrogens is 320 g/mol. The first-order valence-corrected chi connectivity index (χ1v) is 8.31. The third-order valence-corrected chi connectivity index (χ3v) is 5.04. The topological polar surface area (TPSA) is 88.3 Å². The zero-order chi connectivity index (χ0) is 18.1. The number of aromatic nitrogens is 3. The lowest BCUT2D eigenvalue weighted by Crippen LogP contribution is -2.45. The van der Waals surface area contributed by atoms with Crippen LogP contribution >= 0.6 is 0 Å². The molecule has 1 aliphatic rings. The molecule has 2 atom stereocenters.